The van der Waals surface area contributed by atoms with Gasteiger partial charge in [-0.3, -0.25) is 4.79 Å². The number of amides is 1. The summed E-state index contributed by atoms with van der Waals surface area (Å²) in [5.74, 6) is 0.154. The van der Waals surface area contributed by atoms with Crippen molar-refractivity contribution in [3.8, 4) is 0 Å². The first-order valence-corrected chi connectivity index (χ1v) is 4.16. The van der Waals surface area contributed by atoms with Gasteiger partial charge in [0.25, 0.3) is 0 Å². The molecule has 0 aromatic carbocycles. The van der Waals surface area contributed by atoms with Gasteiger partial charge < -0.3 is 10.6 Å². The average Bonchev–Trinajstić information content (AvgIpc) is 2.00. The van der Waals surface area contributed by atoms with Gasteiger partial charge in [0.05, 0.1) is 0 Å². The highest BCUT2D eigenvalue weighted by Gasteiger charge is 2.04. The van der Waals surface area contributed by atoms with Crippen LogP contribution in [-0.4, -0.2) is 30.9 Å². The van der Waals surface area contributed by atoms with E-state index in [9.17, 15) is 4.79 Å². The van der Waals surface area contributed by atoms with Gasteiger partial charge in [-0.25, -0.2) is 0 Å². The number of carbonyl (C=O) groups is 1. The number of unbranched alkanes of at least 4 members (excludes halogenated alkanes) is 1. The third-order valence-electron chi connectivity index (χ3n) is 1.63. The van der Waals surface area contributed by atoms with Crippen LogP contribution in [-0.2, 0) is 4.79 Å². The highest BCUT2D eigenvalue weighted by Crippen LogP contribution is 1.93. The highest BCUT2D eigenvalue weighted by atomic mass is 16.2. The normalized spacial score (nSPS) is 9.73. The molecule has 0 aliphatic carbocycles. The summed E-state index contributed by atoms with van der Waals surface area (Å²) in [6.07, 6.45) is 2.67. The van der Waals surface area contributed by atoms with Gasteiger partial charge in [-0.1, -0.05) is 13.3 Å². The molecule has 0 aliphatic rings. The number of nitrogens with zero attached hydrogens (tertiary/aromatic N) is 1. The van der Waals surface area contributed by atoms with Crippen LogP contribution in [0.15, 0.2) is 0 Å². The maximum atomic E-state index is 11.1. The smallest absolute Gasteiger partial charge is 0.223 e. The lowest BCUT2D eigenvalue weighted by molar-refractivity contribution is -0.129. The molecule has 0 fully saturated rings. The molecule has 2 N–H and O–H groups in total. The summed E-state index contributed by atoms with van der Waals surface area (Å²) < 4.78 is 0. The molecule has 11 heavy (non-hydrogen) atoms. The Kier molecular flexibility index (Phi) is 5.84. The molecule has 0 aromatic rings. The molecule has 0 bridgehead atoms. The minimum atomic E-state index is 0.154. The predicted octanol–water partition coefficient (Wildman–Crippen LogP) is 0.594. The van der Waals surface area contributed by atoms with Crippen molar-refractivity contribution in [1.29, 1.82) is 0 Å². The first kappa shape index (κ1) is 10.4. The van der Waals surface area contributed by atoms with Crippen LogP contribution in [0.3, 0.4) is 0 Å². The summed E-state index contributed by atoms with van der Waals surface area (Å²) in [6.45, 7) is 3.42. The third-order valence-corrected chi connectivity index (χ3v) is 1.63. The van der Waals surface area contributed by atoms with Crippen LogP contribution in [0.1, 0.15) is 26.2 Å². The van der Waals surface area contributed by atoms with Gasteiger partial charge in [0.1, 0.15) is 0 Å². The summed E-state index contributed by atoms with van der Waals surface area (Å²) in [4.78, 5) is 12.8. The van der Waals surface area contributed by atoms with Crippen molar-refractivity contribution in [2.75, 3.05) is 20.1 Å². The molecule has 0 rings (SSSR count). The Balaban J connectivity index is 3.46. The highest BCUT2D eigenvalue weighted by molar-refractivity contribution is 5.75. The Morgan fingerprint density at radius 2 is 2.18 bits per heavy atom. The zero-order valence-electron chi connectivity index (χ0n) is 7.47. The second-order valence-electron chi connectivity index (χ2n) is 2.71. The Hall–Kier alpha value is -0.570. The van der Waals surface area contributed by atoms with E-state index in [4.69, 9.17) is 5.73 Å². The standard InChI is InChI=1S/C8H18N2O/c1-3-4-7-10(2)8(11)5-6-9/h3-7,9H2,1-2H3. The van der Waals surface area contributed by atoms with Crippen molar-refractivity contribution in [1.82, 2.24) is 4.90 Å². The van der Waals surface area contributed by atoms with Crippen LogP contribution in [0.25, 0.3) is 0 Å². The molecule has 0 saturated carbocycles. The maximum absolute atomic E-state index is 11.1. The first-order chi connectivity index (χ1) is 5.22. The summed E-state index contributed by atoms with van der Waals surface area (Å²) >= 11 is 0. The fourth-order valence-electron chi connectivity index (χ4n) is 0.834. The predicted molar refractivity (Wildman–Crippen MR) is 46.2 cm³/mol. The molecule has 0 saturated heterocycles. The van der Waals surface area contributed by atoms with Gasteiger partial charge in [0.2, 0.25) is 5.91 Å². The molecule has 3 heteroatoms. The van der Waals surface area contributed by atoms with E-state index in [1.165, 1.54) is 0 Å². The van der Waals surface area contributed by atoms with Gasteiger partial charge in [-0.2, -0.15) is 0 Å². The summed E-state index contributed by atoms with van der Waals surface area (Å²) in [7, 11) is 1.83. The van der Waals surface area contributed by atoms with Crippen molar-refractivity contribution in [3.05, 3.63) is 0 Å². The van der Waals surface area contributed by atoms with Crippen molar-refractivity contribution in [2.45, 2.75) is 26.2 Å². The van der Waals surface area contributed by atoms with Gasteiger partial charge in [-0.05, 0) is 6.42 Å². The zero-order chi connectivity index (χ0) is 8.69. The van der Waals surface area contributed by atoms with Crippen LogP contribution in [0, 0.1) is 0 Å². The quantitative estimate of drug-likeness (QED) is 0.636. The van der Waals surface area contributed by atoms with E-state index in [0.29, 0.717) is 13.0 Å². The van der Waals surface area contributed by atoms with E-state index < -0.39 is 0 Å². The molecule has 0 aliphatic heterocycles. The van der Waals surface area contributed by atoms with E-state index in [0.717, 1.165) is 19.4 Å². The molecule has 0 heterocycles. The van der Waals surface area contributed by atoms with Crippen LogP contribution >= 0.6 is 0 Å². The number of carbonyl (C=O) groups excluding carboxylic acids is 1. The minimum absolute atomic E-state index is 0.154. The summed E-state index contributed by atoms with van der Waals surface area (Å²) in [5, 5.41) is 0. The minimum Gasteiger partial charge on any atom is -0.346 e. The number of hydrogen-bond donors (Lipinski definition) is 1. The fourth-order valence-corrected chi connectivity index (χ4v) is 0.834. The number of nitrogens with two attached hydrogens (primary N) is 1. The Labute approximate surface area is 68.6 Å². The zero-order valence-corrected chi connectivity index (χ0v) is 7.47. The van der Waals surface area contributed by atoms with Gasteiger partial charge in [0.15, 0.2) is 0 Å². The van der Waals surface area contributed by atoms with Gasteiger partial charge in [0, 0.05) is 26.6 Å². The van der Waals surface area contributed by atoms with Crippen molar-refractivity contribution in [2.24, 2.45) is 5.73 Å². The van der Waals surface area contributed by atoms with E-state index in [2.05, 4.69) is 6.92 Å². The number of rotatable bonds is 5. The molecule has 66 valence electrons. The molecule has 0 aromatic heterocycles. The van der Waals surface area contributed by atoms with Crippen LogP contribution in [0.5, 0.6) is 0 Å². The van der Waals surface area contributed by atoms with E-state index in [1.807, 2.05) is 7.05 Å². The second-order valence-corrected chi connectivity index (χ2v) is 2.71. The van der Waals surface area contributed by atoms with Crippen LogP contribution < -0.4 is 5.73 Å². The van der Waals surface area contributed by atoms with Crippen LogP contribution in [0.2, 0.25) is 0 Å². The van der Waals surface area contributed by atoms with Crippen molar-refractivity contribution < 1.29 is 4.79 Å². The van der Waals surface area contributed by atoms with E-state index in [1.54, 1.807) is 4.90 Å². The Bertz CT molecular complexity index is 115. The maximum Gasteiger partial charge on any atom is 0.223 e. The third kappa shape index (κ3) is 4.79. The topological polar surface area (TPSA) is 46.3 Å². The van der Waals surface area contributed by atoms with Crippen molar-refractivity contribution in [3.63, 3.8) is 0 Å². The molecular weight excluding hydrogens is 140 g/mol. The molecule has 0 unspecified atom stereocenters. The molecule has 0 atom stereocenters. The Morgan fingerprint density at radius 3 is 2.64 bits per heavy atom. The average molecular weight is 158 g/mol. The number of hydrogen-bond acceptors (Lipinski definition) is 2. The second kappa shape index (κ2) is 6.16. The summed E-state index contributed by atoms with van der Waals surface area (Å²) in [6, 6.07) is 0. The Morgan fingerprint density at radius 1 is 1.55 bits per heavy atom. The molecule has 3 nitrogen and oxygen atoms in total. The van der Waals surface area contributed by atoms with E-state index in [-0.39, 0.29) is 5.91 Å². The molecule has 1 amide bonds. The lowest BCUT2D eigenvalue weighted by atomic mass is 10.3. The fraction of sp³-hybridized carbons (Fsp3) is 0.875. The first-order valence-electron chi connectivity index (χ1n) is 4.16. The monoisotopic (exact) mass is 158 g/mol. The lowest BCUT2D eigenvalue weighted by Crippen LogP contribution is -2.29. The van der Waals surface area contributed by atoms with Gasteiger partial charge >= 0.3 is 0 Å². The molecule has 0 radical (unpaired) electrons. The van der Waals surface area contributed by atoms with Crippen LogP contribution in [0.4, 0.5) is 0 Å². The van der Waals surface area contributed by atoms with Gasteiger partial charge in [-0.15, -0.1) is 0 Å². The molecular formula is C8H18N2O. The van der Waals surface area contributed by atoms with Crippen molar-refractivity contribution >= 4 is 5.91 Å². The summed E-state index contributed by atoms with van der Waals surface area (Å²) in [5.41, 5.74) is 5.25. The molecule has 0 spiro atoms. The SMILES string of the molecule is CCCCN(C)C(=O)CCN. The lowest BCUT2D eigenvalue weighted by Gasteiger charge is -2.15. The van der Waals surface area contributed by atoms with E-state index >= 15 is 0 Å². The largest absolute Gasteiger partial charge is 0.346 e.